The Morgan fingerprint density at radius 2 is 1.98 bits per heavy atom. The first-order chi connectivity index (χ1) is 19.2. The second-order valence-corrected chi connectivity index (χ2v) is 10.5. The summed E-state index contributed by atoms with van der Waals surface area (Å²) in [5.74, 6) is -0.265. The van der Waals surface area contributed by atoms with E-state index in [1.54, 1.807) is 66.6 Å². The average molecular weight is 561 g/mol. The number of nitriles is 1. The highest BCUT2D eigenvalue weighted by Gasteiger charge is 2.22. The van der Waals surface area contributed by atoms with Crippen molar-refractivity contribution in [1.82, 2.24) is 19.4 Å². The molecular formula is C28H29N6O5P. The number of likely N-dealkylation sites (N-methyl/N-ethyl adjacent to an activating group) is 1. The van der Waals surface area contributed by atoms with Crippen molar-refractivity contribution in [2.75, 3.05) is 32.6 Å². The number of nitrogens with zero attached hydrogens (tertiary/aromatic N) is 5. The van der Waals surface area contributed by atoms with E-state index in [1.165, 1.54) is 6.08 Å². The zero-order valence-corrected chi connectivity index (χ0v) is 23.2. The third-order valence-corrected chi connectivity index (χ3v) is 6.77. The molecule has 4 aromatic rings. The van der Waals surface area contributed by atoms with E-state index in [-0.39, 0.29) is 19.2 Å². The fourth-order valence-corrected chi connectivity index (χ4v) is 4.64. The van der Waals surface area contributed by atoms with Crippen LogP contribution in [0.25, 0.3) is 33.3 Å². The quantitative estimate of drug-likeness (QED) is 0.195. The SMILES string of the molecule is CCOP(=O)(O)OCn1cc(-c2cccc(C#N)c2)c2cc(-c3cncc(NC(=O)C=CCN(C)C)c3)cnc21. The summed E-state index contributed by atoms with van der Waals surface area (Å²) < 4.78 is 23.7. The number of rotatable bonds is 11. The Morgan fingerprint density at radius 1 is 1.18 bits per heavy atom. The molecule has 11 nitrogen and oxygen atoms in total. The second kappa shape index (κ2) is 12.8. The van der Waals surface area contributed by atoms with E-state index in [1.807, 2.05) is 31.1 Å². The normalized spacial score (nSPS) is 13.0. The number of anilines is 1. The van der Waals surface area contributed by atoms with E-state index >= 15 is 0 Å². The molecule has 0 aliphatic carbocycles. The standard InChI is InChI=1S/C28H29N6O5P/c1-4-38-40(36,37)39-19-34-18-26(21-8-5-7-20(11-21)14-29)25-13-23(16-31-28(25)34)22-12-24(17-30-15-22)32-27(35)9-6-10-33(2)3/h5-9,11-13,15-18H,4,10,19H2,1-3H3,(H,32,35)(H,36,37). The molecule has 0 saturated heterocycles. The molecule has 3 heterocycles. The Kier molecular flexibility index (Phi) is 9.22. The highest BCUT2D eigenvalue weighted by molar-refractivity contribution is 7.47. The number of hydrogen-bond acceptors (Lipinski definition) is 8. The Labute approximate surface area is 231 Å². The van der Waals surface area contributed by atoms with Gasteiger partial charge in [-0.15, -0.1) is 0 Å². The van der Waals surface area contributed by atoms with Crippen LogP contribution in [-0.4, -0.2) is 57.5 Å². The number of carbonyl (C=O) groups excluding carboxylic acids is 1. The lowest BCUT2D eigenvalue weighted by Gasteiger charge is -2.11. The van der Waals surface area contributed by atoms with E-state index in [0.717, 1.165) is 27.6 Å². The van der Waals surface area contributed by atoms with Crippen molar-refractivity contribution in [3.8, 4) is 28.3 Å². The maximum atomic E-state index is 12.3. The number of phosphoric acid groups is 1. The number of benzene rings is 1. The molecule has 0 fully saturated rings. The van der Waals surface area contributed by atoms with Crippen molar-refractivity contribution in [3.05, 3.63) is 78.9 Å². The summed E-state index contributed by atoms with van der Waals surface area (Å²) in [5, 5.41) is 12.9. The van der Waals surface area contributed by atoms with Crippen LogP contribution in [0.3, 0.4) is 0 Å². The van der Waals surface area contributed by atoms with Gasteiger partial charge in [-0.3, -0.25) is 18.8 Å². The molecule has 0 radical (unpaired) electrons. The van der Waals surface area contributed by atoms with Gasteiger partial charge in [-0.25, -0.2) is 9.55 Å². The number of phosphoric ester groups is 1. The van der Waals surface area contributed by atoms with Crippen molar-refractivity contribution in [1.29, 1.82) is 5.26 Å². The fourth-order valence-electron chi connectivity index (χ4n) is 3.97. The van der Waals surface area contributed by atoms with Crippen LogP contribution in [0.4, 0.5) is 5.69 Å². The molecule has 0 bridgehead atoms. The van der Waals surface area contributed by atoms with Crippen LogP contribution < -0.4 is 5.32 Å². The summed E-state index contributed by atoms with van der Waals surface area (Å²) in [4.78, 5) is 33.0. The summed E-state index contributed by atoms with van der Waals surface area (Å²) >= 11 is 0. The number of amides is 1. The highest BCUT2D eigenvalue weighted by atomic mass is 31.2. The molecule has 2 N–H and O–H groups in total. The van der Waals surface area contributed by atoms with Crippen LogP contribution in [0.15, 0.2) is 73.3 Å². The maximum Gasteiger partial charge on any atom is 0.473 e. The molecule has 206 valence electrons. The van der Waals surface area contributed by atoms with Crippen LogP contribution in [0.2, 0.25) is 0 Å². The Morgan fingerprint density at radius 3 is 2.73 bits per heavy atom. The second-order valence-electron chi connectivity index (χ2n) is 9.06. The smallest absolute Gasteiger partial charge is 0.321 e. The van der Waals surface area contributed by atoms with Gasteiger partial charge in [0, 0.05) is 53.3 Å². The molecule has 3 aromatic heterocycles. The lowest BCUT2D eigenvalue weighted by Crippen LogP contribution is -2.13. The average Bonchev–Trinajstić information content (AvgIpc) is 3.30. The molecule has 12 heteroatoms. The molecule has 1 unspecified atom stereocenters. The number of nitrogens with one attached hydrogen (secondary N) is 1. The predicted molar refractivity (Wildman–Crippen MR) is 152 cm³/mol. The predicted octanol–water partition coefficient (Wildman–Crippen LogP) is 4.80. The first kappa shape index (κ1) is 28.8. The lowest BCUT2D eigenvalue weighted by atomic mass is 10.0. The van der Waals surface area contributed by atoms with Gasteiger partial charge in [0.1, 0.15) is 12.4 Å². The van der Waals surface area contributed by atoms with Gasteiger partial charge in [-0.1, -0.05) is 18.2 Å². The largest absolute Gasteiger partial charge is 0.473 e. The number of fused-ring (bicyclic) bond motifs is 1. The van der Waals surface area contributed by atoms with Crippen molar-refractivity contribution < 1.29 is 23.3 Å². The zero-order valence-electron chi connectivity index (χ0n) is 22.3. The minimum Gasteiger partial charge on any atom is -0.321 e. The third kappa shape index (κ3) is 7.27. The van der Waals surface area contributed by atoms with Gasteiger partial charge in [0.15, 0.2) is 0 Å². The molecule has 1 aromatic carbocycles. The van der Waals surface area contributed by atoms with Crippen molar-refractivity contribution in [2.24, 2.45) is 0 Å². The van der Waals surface area contributed by atoms with E-state index in [0.29, 0.717) is 23.4 Å². The van der Waals surface area contributed by atoms with Crippen molar-refractivity contribution in [3.63, 3.8) is 0 Å². The van der Waals surface area contributed by atoms with Crippen molar-refractivity contribution in [2.45, 2.75) is 13.7 Å². The van der Waals surface area contributed by atoms with Crippen LogP contribution in [0.5, 0.6) is 0 Å². The Balaban J connectivity index is 1.71. The molecule has 0 saturated carbocycles. The summed E-state index contributed by atoms with van der Waals surface area (Å²) in [6.07, 6.45) is 9.87. The van der Waals surface area contributed by atoms with E-state index < -0.39 is 7.82 Å². The molecule has 0 aliphatic heterocycles. The molecule has 0 spiro atoms. The topological polar surface area (TPSA) is 143 Å². The Bertz CT molecular complexity index is 1640. The van der Waals surface area contributed by atoms with Gasteiger partial charge in [0.25, 0.3) is 0 Å². The molecule has 0 aliphatic rings. The van der Waals surface area contributed by atoms with Gasteiger partial charge in [-0.2, -0.15) is 5.26 Å². The molecule has 1 amide bonds. The van der Waals surface area contributed by atoms with Crippen LogP contribution in [0, 0.1) is 11.3 Å². The van der Waals surface area contributed by atoms with Gasteiger partial charge < -0.3 is 19.7 Å². The number of carbonyl (C=O) groups is 1. The van der Waals surface area contributed by atoms with E-state index in [4.69, 9.17) is 9.05 Å². The zero-order chi connectivity index (χ0) is 28.7. The molecular weight excluding hydrogens is 531 g/mol. The highest BCUT2D eigenvalue weighted by Crippen LogP contribution is 2.44. The van der Waals surface area contributed by atoms with Crippen LogP contribution in [-0.2, 0) is 25.1 Å². The minimum absolute atomic E-state index is 0.0218. The van der Waals surface area contributed by atoms with Gasteiger partial charge in [0.2, 0.25) is 5.91 Å². The number of aromatic nitrogens is 3. The van der Waals surface area contributed by atoms with Crippen LogP contribution in [0.1, 0.15) is 12.5 Å². The van der Waals surface area contributed by atoms with Gasteiger partial charge >= 0.3 is 7.82 Å². The first-order valence-corrected chi connectivity index (χ1v) is 13.9. The third-order valence-electron chi connectivity index (χ3n) is 5.75. The van der Waals surface area contributed by atoms with Crippen LogP contribution >= 0.6 is 7.82 Å². The van der Waals surface area contributed by atoms with E-state index in [2.05, 4.69) is 21.4 Å². The first-order valence-electron chi connectivity index (χ1n) is 12.4. The molecule has 40 heavy (non-hydrogen) atoms. The summed E-state index contributed by atoms with van der Waals surface area (Å²) in [7, 11) is -0.408. The number of pyridine rings is 2. The minimum atomic E-state index is -4.24. The van der Waals surface area contributed by atoms with Gasteiger partial charge in [0.05, 0.1) is 30.1 Å². The maximum absolute atomic E-state index is 12.3. The summed E-state index contributed by atoms with van der Waals surface area (Å²) in [5.41, 5.74) is 4.49. The fraction of sp³-hybridized carbons (Fsp3) is 0.214. The Hall–Kier alpha value is -4.17. The lowest BCUT2D eigenvalue weighted by molar-refractivity contribution is -0.111. The molecule has 1 atom stereocenters. The summed E-state index contributed by atoms with van der Waals surface area (Å²) in [6, 6.07) is 13.0. The van der Waals surface area contributed by atoms with E-state index in [9.17, 15) is 19.5 Å². The number of hydrogen-bond donors (Lipinski definition) is 2. The summed E-state index contributed by atoms with van der Waals surface area (Å²) in [6.45, 7) is 1.98. The van der Waals surface area contributed by atoms with Crippen molar-refractivity contribution >= 4 is 30.5 Å². The monoisotopic (exact) mass is 560 g/mol. The van der Waals surface area contributed by atoms with Gasteiger partial charge in [-0.05, 0) is 50.8 Å². The molecule has 4 rings (SSSR count).